The van der Waals surface area contributed by atoms with Crippen LogP contribution in [0.5, 0.6) is 0 Å². The van der Waals surface area contributed by atoms with Crippen LogP contribution in [0.3, 0.4) is 0 Å². The highest BCUT2D eigenvalue weighted by molar-refractivity contribution is 7.99. The molecule has 2 aliphatic rings. The molecule has 0 bridgehead atoms. The van der Waals surface area contributed by atoms with Gasteiger partial charge in [0.2, 0.25) is 5.95 Å². The first-order valence-corrected chi connectivity index (χ1v) is 8.44. The van der Waals surface area contributed by atoms with Crippen molar-refractivity contribution in [2.75, 3.05) is 36.0 Å². The zero-order chi connectivity index (χ0) is 13.1. The molecule has 1 aromatic heterocycles. The van der Waals surface area contributed by atoms with Gasteiger partial charge in [-0.05, 0) is 37.2 Å². The van der Waals surface area contributed by atoms with E-state index < -0.39 is 0 Å². The fourth-order valence-corrected chi connectivity index (χ4v) is 4.06. The number of hydrogen-bond donors (Lipinski definition) is 2. The van der Waals surface area contributed by atoms with E-state index in [1.165, 1.54) is 24.3 Å². The molecule has 106 valence electrons. The molecule has 5 nitrogen and oxygen atoms in total. The first kappa shape index (κ1) is 13.2. The minimum atomic E-state index is 0.520. The van der Waals surface area contributed by atoms with Crippen molar-refractivity contribution in [3.05, 3.63) is 5.82 Å². The molecule has 3 heterocycles. The molecule has 0 amide bonds. The average Bonchev–Trinajstić information content (AvgIpc) is 2.88. The highest BCUT2D eigenvalue weighted by Gasteiger charge is 2.21. The molecular formula is C13H23N5S. The van der Waals surface area contributed by atoms with E-state index in [1.54, 1.807) is 0 Å². The molecule has 0 aromatic carbocycles. The number of H-pyrrole nitrogens is 1. The van der Waals surface area contributed by atoms with Gasteiger partial charge >= 0.3 is 0 Å². The number of piperazine rings is 1. The van der Waals surface area contributed by atoms with E-state index in [1.807, 2.05) is 0 Å². The third-order valence-corrected chi connectivity index (χ3v) is 5.04. The Morgan fingerprint density at radius 3 is 3.00 bits per heavy atom. The molecule has 3 rings (SSSR count). The van der Waals surface area contributed by atoms with Gasteiger partial charge in [-0.1, -0.05) is 0 Å². The molecule has 19 heavy (non-hydrogen) atoms. The van der Waals surface area contributed by atoms with Gasteiger partial charge in [0.1, 0.15) is 5.82 Å². The fourth-order valence-electron chi connectivity index (χ4n) is 2.86. The molecule has 1 atom stereocenters. The Balaban J connectivity index is 1.59. The highest BCUT2D eigenvalue weighted by atomic mass is 32.2. The van der Waals surface area contributed by atoms with Crippen molar-refractivity contribution < 1.29 is 0 Å². The van der Waals surface area contributed by atoms with Gasteiger partial charge < -0.3 is 10.2 Å². The number of aromatic amines is 1. The van der Waals surface area contributed by atoms with Crippen LogP contribution in [0.25, 0.3) is 0 Å². The summed E-state index contributed by atoms with van der Waals surface area (Å²) < 4.78 is 0. The summed E-state index contributed by atoms with van der Waals surface area (Å²) in [5, 5.41) is 11.0. The number of anilines is 1. The van der Waals surface area contributed by atoms with E-state index in [-0.39, 0.29) is 0 Å². The van der Waals surface area contributed by atoms with E-state index in [0.717, 1.165) is 43.7 Å². The van der Waals surface area contributed by atoms with Crippen molar-refractivity contribution >= 4 is 17.7 Å². The number of aromatic nitrogens is 3. The van der Waals surface area contributed by atoms with Crippen molar-refractivity contribution in [2.45, 2.75) is 32.2 Å². The van der Waals surface area contributed by atoms with Crippen molar-refractivity contribution in [3.8, 4) is 0 Å². The molecule has 0 radical (unpaired) electrons. The van der Waals surface area contributed by atoms with Gasteiger partial charge in [0.15, 0.2) is 0 Å². The summed E-state index contributed by atoms with van der Waals surface area (Å²) in [5.74, 6) is 5.36. The normalized spacial score (nSPS) is 25.7. The maximum atomic E-state index is 4.69. The van der Waals surface area contributed by atoms with Crippen LogP contribution in [0.4, 0.5) is 5.95 Å². The molecular weight excluding hydrogens is 258 g/mol. The Morgan fingerprint density at radius 2 is 2.21 bits per heavy atom. The Kier molecular flexibility index (Phi) is 4.28. The Labute approximate surface area is 118 Å². The lowest BCUT2D eigenvalue weighted by molar-refractivity contribution is 0.474. The first-order valence-electron chi connectivity index (χ1n) is 7.28. The SMILES string of the molecule is C[C@@H]1CN(c2n[nH]c(CC3CCSCC3)n2)CCN1. The zero-order valence-corrected chi connectivity index (χ0v) is 12.4. The summed E-state index contributed by atoms with van der Waals surface area (Å²) in [6, 6.07) is 0.520. The van der Waals surface area contributed by atoms with Crippen LogP contribution < -0.4 is 10.2 Å². The van der Waals surface area contributed by atoms with Crippen LogP contribution in [-0.4, -0.2) is 52.4 Å². The van der Waals surface area contributed by atoms with Gasteiger partial charge in [-0.25, -0.2) is 0 Å². The van der Waals surface area contributed by atoms with Gasteiger partial charge in [0, 0.05) is 32.1 Å². The second kappa shape index (κ2) is 6.13. The molecule has 0 unspecified atom stereocenters. The standard InChI is InChI=1S/C13H23N5S/c1-10-9-18(5-4-14-10)13-15-12(16-17-13)8-11-2-6-19-7-3-11/h10-11,14H,2-9H2,1H3,(H,15,16,17)/t10-/m1/s1. The second-order valence-electron chi connectivity index (χ2n) is 5.64. The Morgan fingerprint density at radius 1 is 1.37 bits per heavy atom. The summed E-state index contributed by atoms with van der Waals surface area (Å²) in [6.07, 6.45) is 3.71. The molecule has 0 saturated carbocycles. The van der Waals surface area contributed by atoms with Crippen molar-refractivity contribution in [1.29, 1.82) is 0 Å². The van der Waals surface area contributed by atoms with E-state index in [0.29, 0.717) is 6.04 Å². The van der Waals surface area contributed by atoms with Crippen molar-refractivity contribution in [2.24, 2.45) is 5.92 Å². The molecule has 2 saturated heterocycles. The van der Waals surface area contributed by atoms with Gasteiger partial charge in [0.05, 0.1) is 0 Å². The maximum Gasteiger partial charge on any atom is 0.244 e. The molecule has 6 heteroatoms. The van der Waals surface area contributed by atoms with Crippen LogP contribution in [-0.2, 0) is 6.42 Å². The van der Waals surface area contributed by atoms with E-state index in [2.05, 4.69) is 44.1 Å². The lowest BCUT2D eigenvalue weighted by atomic mass is 9.99. The average molecular weight is 281 g/mol. The largest absolute Gasteiger partial charge is 0.337 e. The predicted molar refractivity (Wildman–Crippen MR) is 79.8 cm³/mol. The summed E-state index contributed by atoms with van der Waals surface area (Å²) in [5.41, 5.74) is 0. The Hall–Kier alpha value is -0.750. The smallest absolute Gasteiger partial charge is 0.244 e. The number of thioether (sulfide) groups is 1. The molecule has 0 spiro atoms. The fraction of sp³-hybridized carbons (Fsp3) is 0.846. The molecule has 2 aliphatic heterocycles. The van der Waals surface area contributed by atoms with E-state index >= 15 is 0 Å². The number of nitrogens with zero attached hydrogens (tertiary/aromatic N) is 3. The maximum absolute atomic E-state index is 4.69. The van der Waals surface area contributed by atoms with Gasteiger partial charge in [-0.2, -0.15) is 16.7 Å². The third-order valence-electron chi connectivity index (χ3n) is 3.99. The number of nitrogens with one attached hydrogen (secondary N) is 2. The second-order valence-corrected chi connectivity index (χ2v) is 6.87. The summed E-state index contributed by atoms with van der Waals surface area (Å²) in [7, 11) is 0. The topological polar surface area (TPSA) is 56.8 Å². The molecule has 2 N–H and O–H groups in total. The van der Waals surface area contributed by atoms with Crippen LogP contribution in [0, 0.1) is 5.92 Å². The summed E-state index contributed by atoms with van der Waals surface area (Å²) in [6.45, 7) is 5.23. The monoisotopic (exact) mass is 281 g/mol. The van der Waals surface area contributed by atoms with Crippen molar-refractivity contribution in [3.63, 3.8) is 0 Å². The van der Waals surface area contributed by atoms with Gasteiger partial charge in [-0.3, -0.25) is 5.10 Å². The van der Waals surface area contributed by atoms with Crippen LogP contribution in [0.1, 0.15) is 25.6 Å². The number of hydrogen-bond acceptors (Lipinski definition) is 5. The lowest BCUT2D eigenvalue weighted by Crippen LogP contribution is -2.49. The predicted octanol–water partition coefficient (Wildman–Crippen LogP) is 1.29. The van der Waals surface area contributed by atoms with Gasteiger partial charge in [0.25, 0.3) is 0 Å². The first-order chi connectivity index (χ1) is 9.31. The number of rotatable bonds is 3. The lowest BCUT2D eigenvalue weighted by Gasteiger charge is -2.30. The molecule has 1 aromatic rings. The van der Waals surface area contributed by atoms with Crippen LogP contribution in [0.15, 0.2) is 0 Å². The quantitative estimate of drug-likeness (QED) is 0.874. The third kappa shape index (κ3) is 3.42. The minimum absolute atomic E-state index is 0.520. The Bertz CT molecular complexity index is 401. The van der Waals surface area contributed by atoms with E-state index in [9.17, 15) is 0 Å². The molecule has 0 aliphatic carbocycles. The van der Waals surface area contributed by atoms with Crippen LogP contribution >= 0.6 is 11.8 Å². The van der Waals surface area contributed by atoms with Crippen LogP contribution in [0.2, 0.25) is 0 Å². The summed E-state index contributed by atoms with van der Waals surface area (Å²) >= 11 is 2.08. The van der Waals surface area contributed by atoms with Crippen molar-refractivity contribution in [1.82, 2.24) is 20.5 Å². The molecule has 2 fully saturated rings. The highest BCUT2D eigenvalue weighted by Crippen LogP contribution is 2.25. The summed E-state index contributed by atoms with van der Waals surface area (Å²) in [4.78, 5) is 6.96. The van der Waals surface area contributed by atoms with E-state index in [4.69, 9.17) is 0 Å². The minimum Gasteiger partial charge on any atom is -0.337 e. The zero-order valence-electron chi connectivity index (χ0n) is 11.6. The van der Waals surface area contributed by atoms with Gasteiger partial charge in [-0.15, -0.1) is 5.10 Å².